The van der Waals surface area contributed by atoms with Crippen molar-refractivity contribution < 1.29 is 19.4 Å². The number of amides is 1. The first-order valence-corrected chi connectivity index (χ1v) is 6.31. The molecule has 3 rings (SSSR count). The molecule has 0 aromatic carbocycles. The average molecular weight is 250 g/mol. The van der Waals surface area contributed by atoms with Crippen molar-refractivity contribution in [2.24, 2.45) is 17.8 Å². The summed E-state index contributed by atoms with van der Waals surface area (Å²) in [5.74, 6) is -2.37. The molecule has 0 radical (unpaired) electrons. The van der Waals surface area contributed by atoms with Gasteiger partial charge in [0.1, 0.15) is 5.60 Å². The number of fused-ring (bicyclic) bond motifs is 1. The molecular formula is C13H16NO4-. The second-order valence-corrected chi connectivity index (χ2v) is 5.83. The van der Waals surface area contributed by atoms with Crippen LogP contribution >= 0.6 is 0 Å². The minimum atomic E-state index is -1.18. The van der Waals surface area contributed by atoms with Gasteiger partial charge >= 0.3 is 0 Å². The van der Waals surface area contributed by atoms with Gasteiger partial charge < -0.3 is 19.5 Å². The Kier molecular flexibility index (Phi) is 2.32. The monoisotopic (exact) mass is 250 g/mol. The number of carbonyl (C=O) groups excluding carboxylic acids is 2. The number of aliphatic carboxylic acids is 1. The summed E-state index contributed by atoms with van der Waals surface area (Å²) in [5, 5.41) is 11.2. The topological polar surface area (TPSA) is 69.7 Å². The Hall–Kier alpha value is -1.36. The quantitative estimate of drug-likeness (QED) is 0.613. The first-order valence-electron chi connectivity index (χ1n) is 6.31. The van der Waals surface area contributed by atoms with Gasteiger partial charge in [0.05, 0.1) is 18.6 Å². The van der Waals surface area contributed by atoms with E-state index in [1.165, 1.54) is 0 Å². The van der Waals surface area contributed by atoms with Gasteiger partial charge in [0.2, 0.25) is 5.91 Å². The van der Waals surface area contributed by atoms with Crippen molar-refractivity contribution in [2.45, 2.75) is 25.6 Å². The van der Waals surface area contributed by atoms with E-state index in [4.69, 9.17) is 4.74 Å². The molecule has 3 aliphatic rings. The van der Waals surface area contributed by atoms with Crippen molar-refractivity contribution >= 4 is 11.9 Å². The highest BCUT2D eigenvalue weighted by atomic mass is 16.5. The number of carboxylic acid groups (broad SMARTS) is 1. The third-order valence-electron chi connectivity index (χ3n) is 4.04. The molecule has 5 nitrogen and oxygen atoms in total. The van der Waals surface area contributed by atoms with Crippen LogP contribution in [0.3, 0.4) is 0 Å². The first kappa shape index (κ1) is 11.7. The SMILES string of the molecule is CC(C)CN1C[C@@]23C=C[C@H](O2)[C@@H](C(=O)[O-])[C@H]3C1=O. The van der Waals surface area contributed by atoms with Crippen molar-refractivity contribution in [2.75, 3.05) is 13.1 Å². The smallest absolute Gasteiger partial charge is 0.229 e. The molecule has 3 heterocycles. The van der Waals surface area contributed by atoms with Crippen molar-refractivity contribution in [3.63, 3.8) is 0 Å². The van der Waals surface area contributed by atoms with Crippen LogP contribution in [0.1, 0.15) is 13.8 Å². The van der Waals surface area contributed by atoms with E-state index in [0.29, 0.717) is 19.0 Å². The van der Waals surface area contributed by atoms with Crippen LogP contribution in [-0.4, -0.2) is 41.6 Å². The highest BCUT2D eigenvalue weighted by Gasteiger charge is 2.65. The number of hydrogen-bond donors (Lipinski definition) is 0. The molecule has 18 heavy (non-hydrogen) atoms. The first-order chi connectivity index (χ1) is 8.44. The Bertz CT molecular complexity index is 444. The second kappa shape index (κ2) is 3.57. The van der Waals surface area contributed by atoms with E-state index < -0.39 is 29.5 Å². The second-order valence-electron chi connectivity index (χ2n) is 5.83. The van der Waals surface area contributed by atoms with E-state index in [-0.39, 0.29) is 5.91 Å². The number of rotatable bonds is 3. The van der Waals surface area contributed by atoms with Gasteiger partial charge in [0, 0.05) is 18.4 Å². The lowest BCUT2D eigenvalue weighted by molar-refractivity contribution is -0.313. The van der Waals surface area contributed by atoms with Crippen LogP contribution in [0, 0.1) is 17.8 Å². The van der Waals surface area contributed by atoms with Crippen LogP contribution in [0.2, 0.25) is 0 Å². The van der Waals surface area contributed by atoms with E-state index >= 15 is 0 Å². The molecule has 1 amide bonds. The fourth-order valence-corrected chi connectivity index (χ4v) is 3.44. The summed E-state index contributed by atoms with van der Waals surface area (Å²) in [7, 11) is 0. The molecule has 2 saturated heterocycles. The molecular weight excluding hydrogens is 234 g/mol. The Morgan fingerprint density at radius 3 is 3.00 bits per heavy atom. The van der Waals surface area contributed by atoms with Gasteiger partial charge in [-0.3, -0.25) is 4.79 Å². The number of likely N-dealkylation sites (tertiary alicyclic amines) is 1. The highest BCUT2D eigenvalue weighted by molar-refractivity contribution is 5.90. The summed E-state index contributed by atoms with van der Waals surface area (Å²) in [5.41, 5.74) is -0.721. The van der Waals surface area contributed by atoms with Crippen molar-refractivity contribution in [1.82, 2.24) is 4.90 Å². The van der Waals surface area contributed by atoms with Gasteiger partial charge in [-0.05, 0) is 5.92 Å². The molecule has 0 saturated carbocycles. The Labute approximate surface area is 105 Å². The van der Waals surface area contributed by atoms with Crippen LogP contribution in [0.25, 0.3) is 0 Å². The molecule has 0 N–H and O–H groups in total. The average Bonchev–Trinajstić information content (AvgIpc) is 2.87. The van der Waals surface area contributed by atoms with Gasteiger partial charge in [-0.2, -0.15) is 0 Å². The molecule has 4 atom stereocenters. The number of hydrogen-bond acceptors (Lipinski definition) is 4. The Morgan fingerprint density at radius 2 is 2.39 bits per heavy atom. The molecule has 3 aliphatic heterocycles. The predicted octanol–water partition coefficient (Wildman–Crippen LogP) is -0.826. The van der Waals surface area contributed by atoms with Crippen LogP contribution < -0.4 is 5.11 Å². The number of carboxylic acids is 1. The molecule has 1 spiro atoms. The molecule has 5 heteroatoms. The standard InChI is InChI=1S/C13H17NO4/c1-7(2)5-14-6-13-4-3-8(18-13)9(12(16)17)10(13)11(14)15/h3-4,7-10H,5-6H2,1-2H3,(H,16,17)/p-1/t8-,9+,10-,13+/m0/s1. The zero-order valence-corrected chi connectivity index (χ0v) is 10.5. The lowest BCUT2D eigenvalue weighted by Crippen LogP contribution is -2.45. The molecule has 0 aromatic heterocycles. The van der Waals surface area contributed by atoms with Gasteiger partial charge in [-0.15, -0.1) is 0 Å². The molecule has 0 aromatic rings. The molecule has 98 valence electrons. The lowest BCUT2D eigenvalue weighted by Gasteiger charge is -2.24. The fourth-order valence-electron chi connectivity index (χ4n) is 3.44. The zero-order valence-electron chi connectivity index (χ0n) is 10.5. The number of nitrogens with zero attached hydrogens (tertiary/aromatic N) is 1. The minimum absolute atomic E-state index is 0.107. The lowest BCUT2D eigenvalue weighted by atomic mass is 9.77. The summed E-state index contributed by atoms with van der Waals surface area (Å²) in [6.45, 7) is 5.16. The molecule has 0 aliphatic carbocycles. The van der Waals surface area contributed by atoms with E-state index in [0.717, 1.165) is 0 Å². The highest BCUT2D eigenvalue weighted by Crippen LogP contribution is 2.51. The number of ether oxygens (including phenoxy) is 1. The third-order valence-corrected chi connectivity index (χ3v) is 4.04. The predicted molar refractivity (Wildman–Crippen MR) is 60.1 cm³/mol. The largest absolute Gasteiger partial charge is 0.550 e. The van der Waals surface area contributed by atoms with Crippen molar-refractivity contribution in [3.8, 4) is 0 Å². The van der Waals surface area contributed by atoms with Gasteiger partial charge in [0.15, 0.2) is 0 Å². The van der Waals surface area contributed by atoms with Crippen LogP contribution in [0.15, 0.2) is 12.2 Å². The molecule has 0 unspecified atom stereocenters. The van der Waals surface area contributed by atoms with E-state index in [1.54, 1.807) is 11.0 Å². The van der Waals surface area contributed by atoms with Gasteiger partial charge in [0.25, 0.3) is 0 Å². The minimum Gasteiger partial charge on any atom is -0.550 e. The maximum absolute atomic E-state index is 12.3. The van der Waals surface area contributed by atoms with Crippen LogP contribution in [0.5, 0.6) is 0 Å². The van der Waals surface area contributed by atoms with Gasteiger partial charge in [-0.25, -0.2) is 0 Å². The Morgan fingerprint density at radius 1 is 1.67 bits per heavy atom. The van der Waals surface area contributed by atoms with E-state index in [2.05, 4.69) is 0 Å². The normalized spacial score (nSPS) is 40.9. The summed E-state index contributed by atoms with van der Waals surface area (Å²) in [6, 6.07) is 0. The summed E-state index contributed by atoms with van der Waals surface area (Å²) >= 11 is 0. The van der Waals surface area contributed by atoms with Crippen LogP contribution in [-0.2, 0) is 14.3 Å². The summed E-state index contributed by atoms with van der Waals surface area (Å²) < 4.78 is 5.75. The third kappa shape index (κ3) is 1.37. The van der Waals surface area contributed by atoms with Crippen LogP contribution in [0.4, 0.5) is 0 Å². The maximum atomic E-state index is 12.3. The van der Waals surface area contributed by atoms with Crippen molar-refractivity contribution in [3.05, 3.63) is 12.2 Å². The van der Waals surface area contributed by atoms with E-state index in [1.807, 2.05) is 19.9 Å². The molecule has 2 fully saturated rings. The van der Waals surface area contributed by atoms with Gasteiger partial charge in [-0.1, -0.05) is 26.0 Å². The summed E-state index contributed by atoms with van der Waals surface area (Å²) in [4.78, 5) is 25.3. The summed E-state index contributed by atoms with van der Waals surface area (Å²) in [6.07, 6.45) is 3.12. The zero-order chi connectivity index (χ0) is 13.1. The molecule has 2 bridgehead atoms. The van der Waals surface area contributed by atoms with Crippen molar-refractivity contribution in [1.29, 1.82) is 0 Å². The maximum Gasteiger partial charge on any atom is 0.229 e. The number of carbonyl (C=O) groups is 2. The van der Waals surface area contributed by atoms with E-state index in [9.17, 15) is 14.7 Å². The fraction of sp³-hybridized carbons (Fsp3) is 0.692. The Balaban J connectivity index is 1.92.